The number of carbonyl (C=O) groups excluding carboxylic acids is 1. The van der Waals surface area contributed by atoms with Crippen molar-refractivity contribution >= 4 is 23.6 Å². The van der Waals surface area contributed by atoms with E-state index in [2.05, 4.69) is 10.6 Å². The van der Waals surface area contributed by atoms with E-state index in [9.17, 15) is 9.59 Å². The first-order chi connectivity index (χ1) is 9.49. The third-order valence-corrected chi connectivity index (χ3v) is 3.50. The summed E-state index contributed by atoms with van der Waals surface area (Å²) in [6.45, 7) is 3.51. The predicted octanol–water partition coefficient (Wildman–Crippen LogP) is 1.72. The number of carbonyl (C=O) groups is 2. The zero-order valence-electron chi connectivity index (χ0n) is 11.3. The van der Waals surface area contributed by atoms with E-state index in [1.807, 2.05) is 6.92 Å². The maximum absolute atomic E-state index is 12.2. The molecule has 1 atom stereocenters. The molecule has 1 aliphatic rings. The Balaban J connectivity index is 2.00. The van der Waals surface area contributed by atoms with E-state index in [4.69, 9.17) is 5.11 Å². The van der Waals surface area contributed by atoms with Gasteiger partial charge in [-0.1, -0.05) is 12.1 Å². The van der Waals surface area contributed by atoms with Crippen LogP contribution in [0.15, 0.2) is 30.3 Å². The minimum Gasteiger partial charge on any atom is -0.478 e. The van der Waals surface area contributed by atoms with E-state index in [1.54, 1.807) is 24.3 Å². The molecule has 106 valence electrons. The Labute approximate surface area is 117 Å². The SMILES string of the molecule is CC1(C(=O)Nc2ccc(/C=C/C(=O)O)cc2)CCNC1. The Kier molecular flexibility index (Phi) is 4.20. The van der Waals surface area contributed by atoms with Crippen LogP contribution in [0.5, 0.6) is 0 Å². The lowest BCUT2D eigenvalue weighted by molar-refractivity contribution is -0.131. The van der Waals surface area contributed by atoms with Crippen LogP contribution in [0.3, 0.4) is 0 Å². The average molecular weight is 274 g/mol. The summed E-state index contributed by atoms with van der Waals surface area (Å²) in [7, 11) is 0. The Hall–Kier alpha value is -2.14. The largest absolute Gasteiger partial charge is 0.478 e. The second kappa shape index (κ2) is 5.88. The second-order valence-corrected chi connectivity index (χ2v) is 5.24. The summed E-state index contributed by atoms with van der Waals surface area (Å²) >= 11 is 0. The van der Waals surface area contributed by atoms with Crippen molar-refractivity contribution in [1.29, 1.82) is 0 Å². The molecular formula is C15H18N2O3. The maximum Gasteiger partial charge on any atom is 0.328 e. The average Bonchev–Trinajstić information content (AvgIpc) is 2.86. The van der Waals surface area contributed by atoms with E-state index >= 15 is 0 Å². The number of nitrogens with one attached hydrogen (secondary N) is 2. The molecule has 2 rings (SSSR count). The van der Waals surface area contributed by atoms with Crippen molar-refractivity contribution in [2.75, 3.05) is 18.4 Å². The van der Waals surface area contributed by atoms with Crippen molar-refractivity contribution in [2.24, 2.45) is 5.41 Å². The lowest BCUT2D eigenvalue weighted by Gasteiger charge is -2.21. The number of carboxylic acids is 1. The smallest absolute Gasteiger partial charge is 0.328 e. The molecule has 0 aliphatic carbocycles. The van der Waals surface area contributed by atoms with Crippen molar-refractivity contribution < 1.29 is 14.7 Å². The Morgan fingerprint density at radius 3 is 2.60 bits per heavy atom. The summed E-state index contributed by atoms with van der Waals surface area (Å²) in [6, 6.07) is 7.07. The fraction of sp³-hybridized carbons (Fsp3) is 0.333. The van der Waals surface area contributed by atoms with E-state index in [0.717, 1.165) is 30.3 Å². The van der Waals surface area contributed by atoms with Crippen LogP contribution in [0.4, 0.5) is 5.69 Å². The van der Waals surface area contributed by atoms with Crippen LogP contribution in [0.2, 0.25) is 0 Å². The van der Waals surface area contributed by atoms with Gasteiger partial charge in [-0.15, -0.1) is 0 Å². The van der Waals surface area contributed by atoms with Gasteiger partial charge in [-0.3, -0.25) is 4.79 Å². The molecule has 0 aromatic heterocycles. The zero-order valence-corrected chi connectivity index (χ0v) is 11.3. The molecule has 1 aliphatic heterocycles. The van der Waals surface area contributed by atoms with Crippen molar-refractivity contribution in [3.63, 3.8) is 0 Å². The van der Waals surface area contributed by atoms with Crippen molar-refractivity contribution in [3.8, 4) is 0 Å². The highest BCUT2D eigenvalue weighted by atomic mass is 16.4. The molecule has 1 fully saturated rings. The number of hydrogen-bond donors (Lipinski definition) is 3. The standard InChI is InChI=1S/C15H18N2O3/c1-15(8-9-16-10-15)14(20)17-12-5-2-11(3-6-12)4-7-13(18)19/h2-7,16H,8-10H2,1H3,(H,17,20)(H,18,19)/b7-4+. The fourth-order valence-corrected chi connectivity index (χ4v) is 2.14. The van der Waals surface area contributed by atoms with E-state index in [-0.39, 0.29) is 11.3 Å². The van der Waals surface area contributed by atoms with Gasteiger partial charge < -0.3 is 15.7 Å². The van der Waals surface area contributed by atoms with E-state index < -0.39 is 5.97 Å². The molecule has 0 radical (unpaired) electrons. The first-order valence-electron chi connectivity index (χ1n) is 6.53. The van der Waals surface area contributed by atoms with Crippen LogP contribution in [-0.4, -0.2) is 30.1 Å². The molecule has 5 nitrogen and oxygen atoms in total. The van der Waals surface area contributed by atoms with Gasteiger partial charge in [0.15, 0.2) is 0 Å². The number of rotatable bonds is 4. The quantitative estimate of drug-likeness (QED) is 0.731. The molecule has 1 aromatic carbocycles. The monoisotopic (exact) mass is 274 g/mol. The van der Waals surface area contributed by atoms with Crippen molar-refractivity contribution in [2.45, 2.75) is 13.3 Å². The van der Waals surface area contributed by atoms with Crippen LogP contribution in [-0.2, 0) is 9.59 Å². The lowest BCUT2D eigenvalue weighted by Crippen LogP contribution is -2.35. The summed E-state index contributed by atoms with van der Waals surface area (Å²) in [5.74, 6) is -0.972. The van der Waals surface area contributed by atoms with Gasteiger partial charge in [-0.2, -0.15) is 0 Å². The normalized spacial score (nSPS) is 22.1. The Morgan fingerprint density at radius 1 is 1.35 bits per heavy atom. The van der Waals surface area contributed by atoms with Crippen LogP contribution < -0.4 is 10.6 Å². The van der Waals surface area contributed by atoms with Crippen molar-refractivity contribution in [3.05, 3.63) is 35.9 Å². The molecule has 1 heterocycles. The molecule has 1 unspecified atom stereocenters. The summed E-state index contributed by atoms with van der Waals surface area (Å²) < 4.78 is 0. The number of carboxylic acid groups (broad SMARTS) is 1. The maximum atomic E-state index is 12.2. The third-order valence-electron chi connectivity index (χ3n) is 3.50. The van der Waals surface area contributed by atoms with Gasteiger partial charge in [-0.25, -0.2) is 4.79 Å². The number of hydrogen-bond acceptors (Lipinski definition) is 3. The van der Waals surface area contributed by atoms with Crippen LogP contribution >= 0.6 is 0 Å². The molecule has 0 spiro atoms. The van der Waals surface area contributed by atoms with Gasteiger partial charge in [0.1, 0.15) is 0 Å². The summed E-state index contributed by atoms with van der Waals surface area (Å²) in [4.78, 5) is 22.6. The molecule has 5 heteroatoms. The molecule has 1 saturated heterocycles. The molecule has 20 heavy (non-hydrogen) atoms. The summed E-state index contributed by atoms with van der Waals surface area (Å²) in [5, 5.41) is 14.6. The Morgan fingerprint density at radius 2 is 2.05 bits per heavy atom. The molecule has 1 aromatic rings. The third kappa shape index (κ3) is 3.45. The Bertz CT molecular complexity index is 529. The molecule has 0 saturated carbocycles. The zero-order chi connectivity index (χ0) is 14.6. The van der Waals surface area contributed by atoms with Crippen molar-refractivity contribution in [1.82, 2.24) is 5.32 Å². The highest BCUT2D eigenvalue weighted by molar-refractivity contribution is 5.95. The van der Waals surface area contributed by atoms with Gasteiger partial charge in [0, 0.05) is 18.3 Å². The van der Waals surface area contributed by atoms with Crippen LogP contribution in [0.1, 0.15) is 18.9 Å². The van der Waals surface area contributed by atoms with Crippen LogP contribution in [0, 0.1) is 5.41 Å². The van der Waals surface area contributed by atoms with Gasteiger partial charge >= 0.3 is 5.97 Å². The minimum atomic E-state index is -0.982. The second-order valence-electron chi connectivity index (χ2n) is 5.24. The first kappa shape index (κ1) is 14.3. The summed E-state index contributed by atoms with van der Waals surface area (Å²) in [5.41, 5.74) is 1.14. The topological polar surface area (TPSA) is 78.4 Å². The highest BCUT2D eigenvalue weighted by Gasteiger charge is 2.36. The molecule has 0 bridgehead atoms. The lowest BCUT2D eigenvalue weighted by atomic mass is 9.89. The van der Waals surface area contributed by atoms with Gasteiger partial charge in [-0.05, 0) is 43.7 Å². The molecule has 1 amide bonds. The number of amides is 1. The van der Waals surface area contributed by atoms with Gasteiger partial charge in [0.05, 0.1) is 5.41 Å². The number of aliphatic carboxylic acids is 1. The minimum absolute atomic E-state index is 0.0105. The van der Waals surface area contributed by atoms with Gasteiger partial charge in [0.2, 0.25) is 5.91 Å². The van der Waals surface area contributed by atoms with E-state index in [0.29, 0.717) is 6.54 Å². The molecular weight excluding hydrogens is 256 g/mol. The van der Waals surface area contributed by atoms with Gasteiger partial charge in [0.25, 0.3) is 0 Å². The summed E-state index contributed by atoms with van der Waals surface area (Å²) in [6.07, 6.45) is 3.42. The fourth-order valence-electron chi connectivity index (χ4n) is 2.14. The first-order valence-corrected chi connectivity index (χ1v) is 6.53. The predicted molar refractivity (Wildman–Crippen MR) is 77.3 cm³/mol. The highest BCUT2D eigenvalue weighted by Crippen LogP contribution is 2.26. The van der Waals surface area contributed by atoms with Crippen LogP contribution in [0.25, 0.3) is 6.08 Å². The van der Waals surface area contributed by atoms with E-state index in [1.165, 1.54) is 6.08 Å². The number of benzene rings is 1. The molecule has 3 N–H and O–H groups in total. The number of anilines is 1.